The summed E-state index contributed by atoms with van der Waals surface area (Å²) in [5, 5.41) is 11.7. The molecule has 0 fully saturated rings. The first kappa shape index (κ1) is 16.4. The average molecular weight is 301 g/mol. The Labute approximate surface area is 118 Å². The first-order valence-electron chi connectivity index (χ1n) is 6.04. The molecule has 0 saturated heterocycles. The second kappa shape index (κ2) is 7.22. The molecule has 1 rings (SSSR count). The molecule has 1 aromatic carbocycles. The van der Waals surface area contributed by atoms with E-state index < -0.39 is 16.1 Å². The van der Waals surface area contributed by atoms with Gasteiger partial charge in [-0.15, -0.1) is 0 Å². The monoisotopic (exact) mass is 301 g/mol. The van der Waals surface area contributed by atoms with E-state index in [2.05, 4.69) is 10.0 Å². The van der Waals surface area contributed by atoms with E-state index in [0.717, 1.165) is 11.8 Å². The van der Waals surface area contributed by atoms with Crippen molar-refractivity contribution < 1.29 is 18.3 Å². The molecule has 0 aliphatic heterocycles. The first-order valence-corrected chi connectivity index (χ1v) is 7.93. The van der Waals surface area contributed by atoms with Gasteiger partial charge in [-0.25, -0.2) is 13.1 Å². The highest BCUT2D eigenvalue weighted by atomic mass is 32.2. The Morgan fingerprint density at radius 1 is 1.30 bits per heavy atom. The van der Waals surface area contributed by atoms with Crippen LogP contribution in [0.2, 0.25) is 0 Å². The fourth-order valence-corrected chi connectivity index (χ4v) is 2.00. The maximum Gasteiger partial charge on any atom is 0.237 e. The molecule has 8 heteroatoms. The highest BCUT2D eigenvalue weighted by molar-refractivity contribution is 7.88. The zero-order chi connectivity index (χ0) is 15.2. The summed E-state index contributed by atoms with van der Waals surface area (Å²) in [6.45, 7) is 0.297. The third-order valence-corrected chi connectivity index (χ3v) is 3.25. The minimum atomic E-state index is -3.25. The zero-order valence-corrected chi connectivity index (χ0v) is 12.0. The van der Waals surface area contributed by atoms with Crippen molar-refractivity contribution in [1.82, 2.24) is 10.0 Å². The smallest absolute Gasteiger partial charge is 0.237 e. The molecule has 1 aromatic rings. The molecule has 1 amide bonds. The molecule has 0 unspecified atom stereocenters. The number of aromatic hydroxyl groups is 1. The van der Waals surface area contributed by atoms with Crippen LogP contribution in [0.25, 0.3) is 0 Å². The number of sulfonamides is 1. The molecule has 0 aliphatic carbocycles. The average Bonchev–Trinajstić information content (AvgIpc) is 2.36. The van der Waals surface area contributed by atoms with E-state index in [4.69, 9.17) is 10.8 Å². The van der Waals surface area contributed by atoms with Gasteiger partial charge in [0.25, 0.3) is 0 Å². The van der Waals surface area contributed by atoms with Crippen molar-refractivity contribution >= 4 is 15.9 Å². The van der Waals surface area contributed by atoms with Crippen LogP contribution in [0.5, 0.6) is 5.75 Å². The number of nitrogens with one attached hydrogen (secondary N) is 2. The number of hydrogen-bond donors (Lipinski definition) is 4. The number of phenols is 1. The number of rotatable bonds is 7. The summed E-state index contributed by atoms with van der Waals surface area (Å²) in [5.74, 6) is -0.202. The number of phenolic OH excluding ortho intramolecular Hbond substituents is 1. The second-order valence-electron chi connectivity index (χ2n) is 4.43. The third-order valence-electron chi connectivity index (χ3n) is 2.52. The molecule has 7 nitrogen and oxygen atoms in total. The van der Waals surface area contributed by atoms with Crippen LogP contribution < -0.4 is 15.8 Å². The summed E-state index contributed by atoms with van der Waals surface area (Å²) < 4.78 is 23.9. The lowest BCUT2D eigenvalue weighted by molar-refractivity contribution is -0.122. The van der Waals surface area contributed by atoms with Crippen molar-refractivity contribution in [2.45, 2.75) is 12.5 Å². The van der Waals surface area contributed by atoms with Gasteiger partial charge in [-0.1, -0.05) is 12.1 Å². The molecule has 1 atom stereocenters. The molecule has 112 valence electrons. The van der Waals surface area contributed by atoms with Crippen molar-refractivity contribution in [1.29, 1.82) is 0 Å². The van der Waals surface area contributed by atoms with Gasteiger partial charge in [-0.2, -0.15) is 0 Å². The summed E-state index contributed by atoms with van der Waals surface area (Å²) in [5.41, 5.74) is 6.58. The second-order valence-corrected chi connectivity index (χ2v) is 6.27. The third kappa shape index (κ3) is 6.50. The van der Waals surface area contributed by atoms with Crippen molar-refractivity contribution in [2.24, 2.45) is 5.73 Å². The maximum absolute atomic E-state index is 11.7. The van der Waals surface area contributed by atoms with Gasteiger partial charge in [0.05, 0.1) is 12.3 Å². The Balaban J connectivity index is 2.34. The van der Waals surface area contributed by atoms with E-state index in [9.17, 15) is 13.2 Å². The molecule has 0 spiro atoms. The Bertz CT molecular complexity index is 542. The lowest BCUT2D eigenvalue weighted by Gasteiger charge is -2.12. The molecule has 0 heterocycles. The van der Waals surface area contributed by atoms with Crippen molar-refractivity contribution in [3.8, 4) is 5.75 Å². The number of carbonyl (C=O) groups excluding carboxylic acids is 1. The van der Waals surface area contributed by atoms with E-state index in [-0.39, 0.29) is 24.7 Å². The standard InChI is InChI=1S/C12H19N3O4S/c1-20(18,19)15-7-6-14-12(17)11(13)8-9-2-4-10(16)5-3-9/h2-5,11,15-16H,6-8,13H2,1H3,(H,14,17)/t11-/m1/s1. The Kier molecular flexibility index (Phi) is 5.93. The number of amides is 1. The predicted molar refractivity (Wildman–Crippen MR) is 75.6 cm³/mol. The van der Waals surface area contributed by atoms with Crippen LogP contribution in [-0.2, 0) is 21.2 Å². The van der Waals surface area contributed by atoms with E-state index in [1.807, 2.05) is 0 Å². The van der Waals surface area contributed by atoms with Crippen LogP contribution in [-0.4, -0.2) is 44.8 Å². The maximum atomic E-state index is 11.7. The van der Waals surface area contributed by atoms with E-state index >= 15 is 0 Å². The number of nitrogens with two attached hydrogens (primary N) is 1. The highest BCUT2D eigenvalue weighted by Gasteiger charge is 2.13. The van der Waals surface area contributed by atoms with Gasteiger partial charge in [0.1, 0.15) is 5.75 Å². The van der Waals surface area contributed by atoms with Gasteiger partial charge in [0.15, 0.2) is 0 Å². The van der Waals surface area contributed by atoms with Crippen LogP contribution in [0.3, 0.4) is 0 Å². The SMILES string of the molecule is CS(=O)(=O)NCCNC(=O)[C@H](N)Cc1ccc(O)cc1. The van der Waals surface area contributed by atoms with Gasteiger partial charge in [-0.05, 0) is 24.1 Å². The fourth-order valence-electron chi connectivity index (χ4n) is 1.53. The van der Waals surface area contributed by atoms with Crippen LogP contribution in [0, 0.1) is 0 Å². The quantitative estimate of drug-likeness (QED) is 0.478. The predicted octanol–water partition coefficient (Wildman–Crippen LogP) is -1.07. The summed E-state index contributed by atoms with van der Waals surface area (Å²) in [6, 6.07) is 5.70. The lowest BCUT2D eigenvalue weighted by Crippen LogP contribution is -2.44. The Hall–Kier alpha value is -1.64. The summed E-state index contributed by atoms with van der Waals surface area (Å²) >= 11 is 0. The van der Waals surface area contributed by atoms with Crippen LogP contribution >= 0.6 is 0 Å². The Morgan fingerprint density at radius 2 is 1.90 bits per heavy atom. The van der Waals surface area contributed by atoms with Gasteiger partial charge >= 0.3 is 0 Å². The lowest BCUT2D eigenvalue weighted by atomic mass is 10.1. The molecule has 5 N–H and O–H groups in total. The van der Waals surface area contributed by atoms with Crippen molar-refractivity contribution in [2.75, 3.05) is 19.3 Å². The fraction of sp³-hybridized carbons (Fsp3) is 0.417. The van der Waals surface area contributed by atoms with Crippen LogP contribution in [0.1, 0.15) is 5.56 Å². The number of benzene rings is 1. The van der Waals surface area contributed by atoms with Gasteiger partial charge in [-0.3, -0.25) is 4.79 Å². The number of carbonyl (C=O) groups is 1. The molecule has 0 radical (unpaired) electrons. The van der Waals surface area contributed by atoms with Crippen LogP contribution in [0.15, 0.2) is 24.3 Å². The van der Waals surface area contributed by atoms with E-state index in [1.54, 1.807) is 12.1 Å². The highest BCUT2D eigenvalue weighted by Crippen LogP contribution is 2.10. The number of hydrogen-bond acceptors (Lipinski definition) is 5. The van der Waals surface area contributed by atoms with Gasteiger partial charge in [0.2, 0.25) is 15.9 Å². The molecule has 20 heavy (non-hydrogen) atoms. The molecule has 0 aliphatic rings. The minimum absolute atomic E-state index is 0.122. The van der Waals surface area contributed by atoms with Crippen LogP contribution in [0.4, 0.5) is 0 Å². The Morgan fingerprint density at radius 3 is 2.45 bits per heavy atom. The summed E-state index contributed by atoms with van der Waals surface area (Å²) in [4.78, 5) is 11.7. The molecule has 0 saturated carbocycles. The van der Waals surface area contributed by atoms with Crippen molar-refractivity contribution in [3.05, 3.63) is 29.8 Å². The normalized spacial score (nSPS) is 12.9. The topological polar surface area (TPSA) is 122 Å². The van der Waals surface area contributed by atoms with E-state index in [0.29, 0.717) is 6.42 Å². The molecule has 0 bridgehead atoms. The summed E-state index contributed by atoms with van der Waals surface area (Å²) in [6.07, 6.45) is 1.39. The molecule has 0 aromatic heterocycles. The van der Waals surface area contributed by atoms with Gasteiger partial charge in [0, 0.05) is 13.1 Å². The molecular weight excluding hydrogens is 282 g/mol. The molecular formula is C12H19N3O4S. The van der Waals surface area contributed by atoms with Gasteiger partial charge < -0.3 is 16.2 Å². The van der Waals surface area contributed by atoms with E-state index in [1.165, 1.54) is 12.1 Å². The summed E-state index contributed by atoms with van der Waals surface area (Å²) in [7, 11) is -3.25. The zero-order valence-electron chi connectivity index (χ0n) is 11.2. The largest absolute Gasteiger partial charge is 0.508 e. The first-order chi connectivity index (χ1) is 9.28. The van der Waals surface area contributed by atoms with Crippen molar-refractivity contribution in [3.63, 3.8) is 0 Å². The minimum Gasteiger partial charge on any atom is -0.508 e.